The van der Waals surface area contributed by atoms with Gasteiger partial charge in [0.15, 0.2) is 0 Å². The average Bonchev–Trinajstić information content (AvgIpc) is 2.68. The number of amides is 2. The summed E-state index contributed by atoms with van der Waals surface area (Å²) in [5.74, 6) is -0.169. The highest BCUT2D eigenvalue weighted by Crippen LogP contribution is 2.36. The van der Waals surface area contributed by atoms with Gasteiger partial charge in [0.25, 0.3) is 0 Å². The summed E-state index contributed by atoms with van der Waals surface area (Å²) in [6.45, 7) is 1.73. The third-order valence-electron chi connectivity index (χ3n) is 4.96. The maximum atomic E-state index is 12.8. The molecule has 0 radical (unpaired) electrons. The van der Waals surface area contributed by atoms with Crippen molar-refractivity contribution in [3.63, 3.8) is 0 Å². The molecule has 1 saturated heterocycles. The summed E-state index contributed by atoms with van der Waals surface area (Å²) >= 11 is 0. The van der Waals surface area contributed by atoms with Gasteiger partial charge in [-0.2, -0.15) is 9.97 Å². The second-order valence-corrected chi connectivity index (χ2v) is 6.88. The first-order valence-corrected chi connectivity index (χ1v) is 9.20. The molecule has 4 rings (SSSR count). The standard InChI is InChI=1S/C19H22N6O2/c20-16-15-13(18(27)21-12-7-3-1-4-8-12)11-14(26)22-17(15)24-19(23-16)25-9-5-2-6-10-25/h1,3-4,7-8,13H,2,5-6,9-11H2,(H,21,27)(H3,20,22,23,24,26)/t13-/m0/s1. The predicted octanol–water partition coefficient (Wildman–Crippen LogP) is 2.11. The average molecular weight is 366 g/mol. The number of para-hydroxylation sites is 1. The lowest BCUT2D eigenvalue weighted by Crippen LogP contribution is -2.35. The Hall–Kier alpha value is -3.16. The van der Waals surface area contributed by atoms with Crippen LogP contribution in [0.15, 0.2) is 30.3 Å². The highest BCUT2D eigenvalue weighted by molar-refractivity contribution is 6.05. The number of nitrogens with one attached hydrogen (secondary N) is 2. The van der Waals surface area contributed by atoms with Gasteiger partial charge < -0.3 is 21.3 Å². The molecule has 0 bridgehead atoms. The number of aromatic nitrogens is 2. The molecular formula is C19H22N6O2. The molecule has 140 valence electrons. The van der Waals surface area contributed by atoms with Crippen molar-refractivity contribution in [1.29, 1.82) is 0 Å². The normalized spacial score (nSPS) is 19.2. The van der Waals surface area contributed by atoms with Gasteiger partial charge in [-0.1, -0.05) is 18.2 Å². The topological polar surface area (TPSA) is 113 Å². The van der Waals surface area contributed by atoms with Crippen molar-refractivity contribution in [2.24, 2.45) is 0 Å². The van der Waals surface area contributed by atoms with Gasteiger partial charge in [-0.15, -0.1) is 0 Å². The highest BCUT2D eigenvalue weighted by atomic mass is 16.2. The summed E-state index contributed by atoms with van der Waals surface area (Å²) in [6.07, 6.45) is 3.36. The van der Waals surface area contributed by atoms with Crippen molar-refractivity contribution in [1.82, 2.24) is 9.97 Å². The van der Waals surface area contributed by atoms with Gasteiger partial charge in [0.05, 0.1) is 11.5 Å². The Balaban J connectivity index is 1.64. The monoisotopic (exact) mass is 366 g/mol. The van der Waals surface area contributed by atoms with E-state index < -0.39 is 5.92 Å². The van der Waals surface area contributed by atoms with Crippen molar-refractivity contribution in [2.45, 2.75) is 31.6 Å². The van der Waals surface area contributed by atoms with Crippen LogP contribution in [0.2, 0.25) is 0 Å². The molecule has 0 saturated carbocycles. The van der Waals surface area contributed by atoms with Crippen LogP contribution in [0.1, 0.15) is 37.2 Å². The number of fused-ring (bicyclic) bond motifs is 1. The van der Waals surface area contributed by atoms with Crippen LogP contribution < -0.4 is 21.3 Å². The molecule has 4 N–H and O–H groups in total. The predicted molar refractivity (Wildman–Crippen MR) is 104 cm³/mol. The van der Waals surface area contributed by atoms with Gasteiger partial charge in [-0.05, 0) is 31.4 Å². The van der Waals surface area contributed by atoms with Crippen LogP contribution in [0.4, 0.5) is 23.3 Å². The number of carbonyl (C=O) groups is 2. The number of nitrogens with two attached hydrogens (primary N) is 1. The van der Waals surface area contributed by atoms with Crippen LogP contribution in [-0.2, 0) is 9.59 Å². The van der Waals surface area contributed by atoms with E-state index in [-0.39, 0.29) is 24.1 Å². The van der Waals surface area contributed by atoms with Crippen LogP contribution in [0.5, 0.6) is 0 Å². The Morgan fingerprint density at radius 3 is 2.63 bits per heavy atom. The first-order valence-electron chi connectivity index (χ1n) is 9.20. The molecule has 1 aromatic heterocycles. The summed E-state index contributed by atoms with van der Waals surface area (Å²) < 4.78 is 0. The first kappa shape index (κ1) is 17.3. The van der Waals surface area contributed by atoms with E-state index in [1.54, 1.807) is 12.1 Å². The summed E-state index contributed by atoms with van der Waals surface area (Å²) in [7, 11) is 0. The zero-order valence-corrected chi connectivity index (χ0v) is 14.9. The second-order valence-electron chi connectivity index (χ2n) is 6.88. The number of anilines is 4. The number of nitrogen functional groups attached to an aromatic ring is 1. The second kappa shape index (κ2) is 7.22. The van der Waals surface area contributed by atoms with E-state index >= 15 is 0 Å². The quantitative estimate of drug-likeness (QED) is 0.767. The maximum absolute atomic E-state index is 12.8. The summed E-state index contributed by atoms with van der Waals surface area (Å²) in [6, 6.07) is 9.12. The molecule has 3 heterocycles. The Bertz CT molecular complexity index is 864. The van der Waals surface area contributed by atoms with Crippen LogP contribution in [0.25, 0.3) is 0 Å². The van der Waals surface area contributed by atoms with E-state index in [0.29, 0.717) is 23.0 Å². The molecule has 1 fully saturated rings. The number of nitrogens with zero attached hydrogens (tertiary/aromatic N) is 3. The van der Waals surface area contributed by atoms with Crippen LogP contribution in [0.3, 0.4) is 0 Å². The minimum Gasteiger partial charge on any atom is -0.383 e. The van der Waals surface area contributed by atoms with E-state index in [4.69, 9.17) is 5.73 Å². The highest BCUT2D eigenvalue weighted by Gasteiger charge is 2.35. The van der Waals surface area contributed by atoms with E-state index in [1.807, 2.05) is 18.2 Å². The molecule has 8 nitrogen and oxygen atoms in total. The molecule has 1 atom stereocenters. The van der Waals surface area contributed by atoms with E-state index in [0.717, 1.165) is 25.9 Å². The van der Waals surface area contributed by atoms with Crippen molar-refractivity contribution in [3.05, 3.63) is 35.9 Å². The molecule has 8 heteroatoms. The number of piperidine rings is 1. The summed E-state index contributed by atoms with van der Waals surface area (Å²) in [4.78, 5) is 36.0. The molecule has 27 heavy (non-hydrogen) atoms. The Kier molecular flexibility index (Phi) is 4.62. The largest absolute Gasteiger partial charge is 0.383 e. The number of benzene rings is 1. The zero-order valence-electron chi connectivity index (χ0n) is 14.9. The molecule has 0 aliphatic carbocycles. The molecule has 2 aromatic rings. The SMILES string of the molecule is Nc1nc(N2CCCCC2)nc2c1[C@@H](C(=O)Nc1ccccc1)CC(=O)N2. The fourth-order valence-corrected chi connectivity index (χ4v) is 3.59. The third kappa shape index (κ3) is 3.55. The summed E-state index contributed by atoms with van der Waals surface area (Å²) in [5.41, 5.74) is 7.36. The van der Waals surface area contributed by atoms with E-state index in [2.05, 4.69) is 25.5 Å². The van der Waals surface area contributed by atoms with Crippen molar-refractivity contribution >= 4 is 35.1 Å². The van der Waals surface area contributed by atoms with E-state index in [1.165, 1.54) is 6.42 Å². The lowest BCUT2D eigenvalue weighted by molar-refractivity contribution is -0.123. The van der Waals surface area contributed by atoms with Gasteiger partial charge in [0, 0.05) is 25.2 Å². The Morgan fingerprint density at radius 1 is 1.15 bits per heavy atom. The van der Waals surface area contributed by atoms with Crippen molar-refractivity contribution < 1.29 is 9.59 Å². The molecule has 0 unspecified atom stereocenters. The van der Waals surface area contributed by atoms with Crippen LogP contribution in [-0.4, -0.2) is 34.9 Å². The van der Waals surface area contributed by atoms with Gasteiger partial charge in [-0.25, -0.2) is 0 Å². The molecule has 2 aliphatic rings. The van der Waals surface area contributed by atoms with E-state index in [9.17, 15) is 9.59 Å². The fraction of sp³-hybridized carbons (Fsp3) is 0.368. The van der Waals surface area contributed by atoms with Gasteiger partial charge >= 0.3 is 0 Å². The van der Waals surface area contributed by atoms with Gasteiger partial charge in [-0.3, -0.25) is 9.59 Å². The smallest absolute Gasteiger partial charge is 0.232 e. The lowest BCUT2D eigenvalue weighted by atomic mass is 9.92. The zero-order chi connectivity index (χ0) is 18.8. The minimum absolute atomic E-state index is 0.0162. The number of rotatable bonds is 3. The molecule has 2 amide bonds. The van der Waals surface area contributed by atoms with Crippen LogP contribution >= 0.6 is 0 Å². The van der Waals surface area contributed by atoms with Crippen molar-refractivity contribution in [2.75, 3.05) is 34.4 Å². The lowest BCUT2D eigenvalue weighted by Gasteiger charge is -2.30. The maximum Gasteiger partial charge on any atom is 0.232 e. The third-order valence-corrected chi connectivity index (χ3v) is 4.96. The Labute approximate surface area is 157 Å². The number of hydrogen-bond donors (Lipinski definition) is 3. The Morgan fingerprint density at radius 2 is 1.89 bits per heavy atom. The van der Waals surface area contributed by atoms with Gasteiger partial charge in [0.1, 0.15) is 11.6 Å². The first-order chi connectivity index (χ1) is 13.1. The minimum atomic E-state index is -0.718. The molecule has 0 spiro atoms. The summed E-state index contributed by atoms with van der Waals surface area (Å²) in [5, 5.41) is 5.59. The van der Waals surface area contributed by atoms with Crippen molar-refractivity contribution in [3.8, 4) is 0 Å². The molecule has 1 aromatic carbocycles. The van der Waals surface area contributed by atoms with Gasteiger partial charge in [0.2, 0.25) is 17.8 Å². The fourth-order valence-electron chi connectivity index (χ4n) is 3.59. The molecular weight excluding hydrogens is 344 g/mol. The van der Waals surface area contributed by atoms with Crippen LogP contribution in [0, 0.1) is 0 Å². The number of hydrogen-bond acceptors (Lipinski definition) is 6. The number of carbonyl (C=O) groups excluding carboxylic acids is 2. The molecule has 2 aliphatic heterocycles.